The lowest BCUT2D eigenvalue weighted by Gasteiger charge is -2.18. The molecule has 0 saturated carbocycles. The summed E-state index contributed by atoms with van der Waals surface area (Å²) in [5.41, 5.74) is 1.85. The maximum atomic E-state index is 12.3. The van der Waals surface area contributed by atoms with Gasteiger partial charge in [-0.2, -0.15) is 0 Å². The first-order valence-corrected chi connectivity index (χ1v) is 9.42. The fourth-order valence-corrected chi connectivity index (χ4v) is 3.05. The predicted octanol–water partition coefficient (Wildman–Crippen LogP) is 2.71. The molecule has 1 atom stereocenters. The van der Waals surface area contributed by atoms with E-state index >= 15 is 0 Å². The van der Waals surface area contributed by atoms with E-state index in [0.29, 0.717) is 18.5 Å². The van der Waals surface area contributed by atoms with E-state index in [1.165, 1.54) is 0 Å². The molecule has 2 rings (SSSR count). The van der Waals surface area contributed by atoms with Gasteiger partial charge in [-0.25, -0.2) is 4.79 Å². The number of hydrogen-bond acceptors (Lipinski definition) is 3. The second-order valence-corrected chi connectivity index (χ2v) is 7.19. The van der Waals surface area contributed by atoms with Crippen LogP contribution in [-0.2, 0) is 28.6 Å². The van der Waals surface area contributed by atoms with Crippen molar-refractivity contribution in [1.29, 1.82) is 0 Å². The van der Waals surface area contributed by atoms with Gasteiger partial charge in [-0.3, -0.25) is 9.00 Å². The molecule has 0 radical (unpaired) electrons. The van der Waals surface area contributed by atoms with Gasteiger partial charge in [0.15, 0.2) is 0 Å². The summed E-state index contributed by atoms with van der Waals surface area (Å²) in [6, 6.07) is 14.1. The molecule has 0 aromatic heterocycles. The largest absolute Gasteiger partial charge is 0.478 e. The van der Waals surface area contributed by atoms with Gasteiger partial charge in [-0.05, 0) is 35.7 Å². The molecule has 6 heteroatoms. The van der Waals surface area contributed by atoms with Gasteiger partial charge in [0, 0.05) is 42.0 Å². The van der Waals surface area contributed by atoms with Crippen LogP contribution in [0.15, 0.2) is 53.4 Å². The molecule has 0 aliphatic rings. The topological polar surface area (TPSA) is 74.7 Å². The molecule has 2 aromatic rings. The number of aromatic carboxylic acids is 1. The first kappa shape index (κ1) is 18.9. The molecular weight excluding hydrogens is 338 g/mol. The van der Waals surface area contributed by atoms with Gasteiger partial charge in [-0.15, -0.1) is 0 Å². The normalized spacial score (nSPS) is 11.8. The number of aryl methyl sites for hydroxylation is 1. The summed E-state index contributed by atoms with van der Waals surface area (Å²) in [5.74, 6) is -1.03. The van der Waals surface area contributed by atoms with Crippen molar-refractivity contribution in [2.45, 2.75) is 24.3 Å². The lowest BCUT2D eigenvalue weighted by atomic mass is 10.0. The van der Waals surface area contributed by atoms with Crippen molar-refractivity contribution in [3.05, 3.63) is 65.2 Å². The van der Waals surface area contributed by atoms with Gasteiger partial charge in [0.05, 0.1) is 5.56 Å². The summed E-state index contributed by atoms with van der Waals surface area (Å²) in [4.78, 5) is 25.9. The van der Waals surface area contributed by atoms with Crippen molar-refractivity contribution < 1.29 is 18.9 Å². The van der Waals surface area contributed by atoms with Gasteiger partial charge in [-0.1, -0.05) is 30.3 Å². The highest BCUT2D eigenvalue weighted by atomic mass is 32.2. The molecule has 0 fully saturated rings. The number of carboxylic acids is 1. The summed E-state index contributed by atoms with van der Waals surface area (Å²) < 4.78 is 11.4. The summed E-state index contributed by atoms with van der Waals surface area (Å²) in [7, 11) is 0.702. The van der Waals surface area contributed by atoms with Crippen molar-refractivity contribution in [3.63, 3.8) is 0 Å². The van der Waals surface area contributed by atoms with E-state index in [-0.39, 0.29) is 17.9 Å². The van der Waals surface area contributed by atoms with E-state index in [1.54, 1.807) is 54.6 Å². The fourth-order valence-electron chi connectivity index (χ4n) is 2.53. The number of amides is 1. The van der Waals surface area contributed by atoms with Gasteiger partial charge in [0.2, 0.25) is 5.91 Å². The number of nitrogens with zero attached hydrogens (tertiary/aromatic N) is 1. The number of hydrogen-bond donors (Lipinski definition) is 1. The van der Waals surface area contributed by atoms with Crippen LogP contribution in [0.4, 0.5) is 0 Å². The molecule has 1 unspecified atom stereocenters. The Morgan fingerprint density at radius 1 is 1.08 bits per heavy atom. The molecule has 5 nitrogen and oxygen atoms in total. The molecule has 2 aromatic carbocycles. The SMILES string of the molecule is CN(Cc1ccc(S(C)=O)cc1)C(=O)CCc1ccccc1C(=O)O. The highest BCUT2D eigenvalue weighted by molar-refractivity contribution is 7.84. The van der Waals surface area contributed by atoms with E-state index < -0.39 is 16.8 Å². The first-order valence-electron chi connectivity index (χ1n) is 7.86. The fraction of sp³-hybridized carbons (Fsp3) is 0.263. The summed E-state index contributed by atoms with van der Waals surface area (Å²) in [6.45, 7) is 0.454. The Hall–Kier alpha value is -2.47. The minimum atomic E-state index is -1.02. The molecule has 0 bridgehead atoms. The molecule has 25 heavy (non-hydrogen) atoms. The number of carbonyl (C=O) groups is 2. The van der Waals surface area contributed by atoms with Crippen LogP contribution in [0.2, 0.25) is 0 Å². The second kappa shape index (κ2) is 8.58. The molecule has 132 valence electrons. The van der Waals surface area contributed by atoms with Crippen LogP contribution in [0.1, 0.15) is 27.9 Å². The van der Waals surface area contributed by atoms with E-state index in [0.717, 1.165) is 10.5 Å². The Kier molecular flexibility index (Phi) is 6.47. The van der Waals surface area contributed by atoms with Gasteiger partial charge in [0.1, 0.15) is 0 Å². The van der Waals surface area contributed by atoms with Crippen LogP contribution in [-0.4, -0.2) is 39.4 Å². The van der Waals surface area contributed by atoms with E-state index in [4.69, 9.17) is 0 Å². The average Bonchev–Trinajstić information content (AvgIpc) is 2.60. The Labute approximate surface area is 149 Å². The third-order valence-electron chi connectivity index (χ3n) is 3.96. The number of carbonyl (C=O) groups excluding carboxylic acids is 1. The third kappa shape index (κ3) is 5.26. The zero-order valence-electron chi connectivity index (χ0n) is 14.3. The monoisotopic (exact) mass is 359 g/mol. The Morgan fingerprint density at radius 2 is 1.72 bits per heavy atom. The van der Waals surface area contributed by atoms with Crippen LogP contribution in [0.5, 0.6) is 0 Å². The lowest BCUT2D eigenvalue weighted by molar-refractivity contribution is -0.130. The van der Waals surface area contributed by atoms with Crippen LogP contribution in [0.3, 0.4) is 0 Å². The van der Waals surface area contributed by atoms with Gasteiger partial charge in [0.25, 0.3) is 0 Å². The van der Waals surface area contributed by atoms with Crippen LogP contribution in [0.25, 0.3) is 0 Å². The minimum Gasteiger partial charge on any atom is -0.478 e. The third-order valence-corrected chi connectivity index (χ3v) is 4.89. The molecule has 1 N–H and O–H groups in total. The van der Waals surface area contributed by atoms with E-state index in [1.807, 2.05) is 12.1 Å². The lowest BCUT2D eigenvalue weighted by Crippen LogP contribution is -2.26. The smallest absolute Gasteiger partial charge is 0.335 e. The zero-order chi connectivity index (χ0) is 18.4. The van der Waals surface area contributed by atoms with Crippen LogP contribution >= 0.6 is 0 Å². The molecule has 0 heterocycles. The van der Waals surface area contributed by atoms with Gasteiger partial charge >= 0.3 is 5.97 Å². The van der Waals surface area contributed by atoms with Crippen LogP contribution < -0.4 is 0 Å². The second-order valence-electron chi connectivity index (χ2n) is 5.81. The number of benzene rings is 2. The quantitative estimate of drug-likeness (QED) is 0.825. The van der Waals surface area contributed by atoms with E-state index in [9.17, 15) is 18.9 Å². The van der Waals surface area contributed by atoms with Gasteiger partial charge < -0.3 is 10.0 Å². The van der Waals surface area contributed by atoms with Crippen molar-refractivity contribution in [3.8, 4) is 0 Å². The zero-order valence-corrected chi connectivity index (χ0v) is 15.1. The Morgan fingerprint density at radius 3 is 2.32 bits per heavy atom. The summed E-state index contributed by atoms with van der Waals surface area (Å²) in [6.07, 6.45) is 2.26. The van der Waals surface area contributed by atoms with Crippen molar-refractivity contribution >= 4 is 22.7 Å². The highest BCUT2D eigenvalue weighted by Crippen LogP contribution is 2.13. The summed E-state index contributed by atoms with van der Waals surface area (Å²) >= 11 is 0. The van der Waals surface area contributed by atoms with Crippen molar-refractivity contribution in [2.24, 2.45) is 0 Å². The Balaban J connectivity index is 1.94. The molecule has 0 saturated heterocycles. The number of rotatable bonds is 7. The molecule has 0 spiro atoms. The minimum absolute atomic E-state index is 0.0525. The average molecular weight is 359 g/mol. The molecular formula is C19H21NO4S. The maximum absolute atomic E-state index is 12.3. The maximum Gasteiger partial charge on any atom is 0.335 e. The predicted molar refractivity (Wildman–Crippen MR) is 97.0 cm³/mol. The standard InChI is InChI=1S/C19H21NO4S/c1-20(13-14-7-10-16(11-8-14)25(2)24)18(21)12-9-15-5-3-4-6-17(15)19(22)23/h3-8,10-11H,9,12-13H2,1-2H3,(H,22,23). The molecule has 1 amide bonds. The van der Waals surface area contributed by atoms with E-state index in [2.05, 4.69) is 0 Å². The van der Waals surface area contributed by atoms with Crippen LogP contribution in [0, 0.1) is 0 Å². The summed E-state index contributed by atoms with van der Waals surface area (Å²) in [5, 5.41) is 9.18. The number of carboxylic acid groups (broad SMARTS) is 1. The Bertz CT molecular complexity index is 786. The first-order chi connectivity index (χ1) is 11.9. The molecule has 0 aliphatic heterocycles. The molecule has 0 aliphatic carbocycles. The van der Waals surface area contributed by atoms with Crippen molar-refractivity contribution in [1.82, 2.24) is 4.90 Å². The van der Waals surface area contributed by atoms with Crippen molar-refractivity contribution in [2.75, 3.05) is 13.3 Å². The highest BCUT2D eigenvalue weighted by Gasteiger charge is 2.13.